The number of para-hydroxylation sites is 1. The van der Waals surface area contributed by atoms with Crippen LogP contribution in [0.1, 0.15) is 21.6 Å². The predicted molar refractivity (Wildman–Crippen MR) is 66.0 cm³/mol. The lowest BCUT2D eigenvalue weighted by Crippen LogP contribution is -2.05. The number of halogens is 1. The number of aromatic nitrogens is 2. The molecule has 2 rings (SSSR count). The number of aromatic carboxylic acids is 1. The molecule has 2 aromatic rings. The van der Waals surface area contributed by atoms with Crippen molar-refractivity contribution in [2.75, 3.05) is 6.61 Å². The minimum atomic E-state index is -1.20. The molecule has 6 heteroatoms. The number of rotatable bonds is 4. The van der Waals surface area contributed by atoms with E-state index in [1.807, 2.05) is 0 Å². The van der Waals surface area contributed by atoms with Gasteiger partial charge in [0.15, 0.2) is 5.69 Å². The topological polar surface area (TPSA) is 75.4 Å². The SMILES string of the molecule is Cc1cccc(F)c1-n1cc(CCO)c(C(=O)O)n1. The molecule has 5 nitrogen and oxygen atoms in total. The Balaban J connectivity index is 2.57. The van der Waals surface area contributed by atoms with Gasteiger partial charge >= 0.3 is 5.97 Å². The molecule has 0 spiro atoms. The summed E-state index contributed by atoms with van der Waals surface area (Å²) in [5.74, 6) is -1.67. The highest BCUT2D eigenvalue weighted by Gasteiger charge is 2.18. The Morgan fingerprint density at radius 2 is 2.21 bits per heavy atom. The van der Waals surface area contributed by atoms with Crippen molar-refractivity contribution in [1.29, 1.82) is 0 Å². The highest BCUT2D eigenvalue weighted by molar-refractivity contribution is 5.87. The zero-order valence-electron chi connectivity index (χ0n) is 10.3. The molecule has 0 amide bonds. The van der Waals surface area contributed by atoms with Gasteiger partial charge in [0.2, 0.25) is 0 Å². The minimum absolute atomic E-state index is 0.162. The number of aliphatic hydroxyl groups is 1. The zero-order chi connectivity index (χ0) is 14.0. The maximum atomic E-state index is 13.8. The van der Waals surface area contributed by atoms with Gasteiger partial charge in [0.1, 0.15) is 11.5 Å². The number of benzene rings is 1. The quantitative estimate of drug-likeness (QED) is 0.878. The van der Waals surface area contributed by atoms with Crippen LogP contribution in [0.25, 0.3) is 5.69 Å². The fourth-order valence-corrected chi connectivity index (χ4v) is 1.92. The molecular weight excluding hydrogens is 251 g/mol. The van der Waals surface area contributed by atoms with Gasteiger partial charge in [-0.2, -0.15) is 5.10 Å². The summed E-state index contributed by atoms with van der Waals surface area (Å²) >= 11 is 0. The third-order valence-corrected chi connectivity index (χ3v) is 2.79. The Morgan fingerprint density at radius 1 is 1.47 bits per heavy atom. The third kappa shape index (κ3) is 2.48. The van der Waals surface area contributed by atoms with E-state index in [0.717, 1.165) is 0 Å². The molecule has 0 saturated heterocycles. The molecule has 0 saturated carbocycles. The lowest BCUT2D eigenvalue weighted by molar-refractivity contribution is 0.0688. The van der Waals surface area contributed by atoms with E-state index in [2.05, 4.69) is 5.10 Å². The minimum Gasteiger partial charge on any atom is -0.476 e. The smallest absolute Gasteiger partial charge is 0.356 e. The molecule has 0 radical (unpaired) electrons. The average molecular weight is 264 g/mol. The maximum absolute atomic E-state index is 13.8. The van der Waals surface area contributed by atoms with Crippen LogP contribution in [0.5, 0.6) is 0 Å². The van der Waals surface area contributed by atoms with E-state index in [4.69, 9.17) is 10.2 Å². The number of hydrogen-bond acceptors (Lipinski definition) is 3. The molecule has 1 aromatic carbocycles. The van der Waals surface area contributed by atoms with Crippen LogP contribution in [0.4, 0.5) is 4.39 Å². The first kappa shape index (κ1) is 13.2. The summed E-state index contributed by atoms with van der Waals surface area (Å²) in [5, 5.41) is 21.8. The van der Waals surface area contributed by atoms with E-state index < -0.39 is 11.8 Å². The van der Waals surface area contributed by atoms with Crippen LogP contribution in [0.15, 0.2) is 24.4 Å². The van der Waals surface area contributed by atoms with Crippen molar-refractivity contribution in [1.82, 2.24) is 9.78 Å². The summed E-state index contributed by atoms with van der Waals surface area (Å²) in [6.45, 7) is 1.52. The second-order valence-electron chi connectivity index (χ2n) is 4.13. The van der Waals surface area contributed by atoms with Crippen molar-refractivity contribution in [3.8, 4) is 5.69 Å². The largest absolute Gasteiger partial charge is 0.476 e. The van der Waals surface area contributed by atoms with E-state index in [1.54, 1.807) is 19.1 Å². The van der Waals surface area contributed by atoms with Gasteiger partial charge < -0.3 is 10.2 Å². The van der Waals surface area contributed by atoms with Crippen molar-refractivity contribution in [2.24, 2.45) is 0 Å². The second kappa shape index (κ2) is 5.19. The number of hydrogen-bond donors (Lipinski definition) is 2. The highest BCUT2D eigenvalue weighted by atomic mass is 19.1. The van der Waals surface area contributed by atoms with E-state index in [9.17, 15) is 9.18 Å². The summed E-state index contributed by atoms with van der Waals surface area (Å²) in [5.41, 5.74) is 1.07. The van der Waals surface area contributed by atoms with Gasteiger partial charge in [-0.1, -0.05) is 12.1 Å². The van der Waals surface area contributed by atoms with Crippen molar-refractivity contribution in [2.45, 2.75) is 13.3 Å². The van der Waals surface area contributed by atoms with Gasteiger partial charge in [0.05, 0.1) is 0 Å². The number of carboxylic acid groups (broad SMARTS) is 1. The molecule has 100 valence electrons. The third-order valence-electron chi connectivity index (χ3n) is 2.79. The van der Waals surface area contributed by atoms with Gasteiger partial charge in [-0.3, -0.25) is 0 Å². The van der Waals surface area contributed by atoms with E-state index >= 15 is 0 Å². The van der Waals surface area contributed by atoms with E-state index in [1.165, 1.54) is 16.9 Å². The van der Waals surface area contributed by atoms with Crippen LogP contribution in [0.2, 0.25) is 0 Å². The average Bonchev–Trinajstić information content (AvgIpc) is 2.73. The number of carboxylic acids is 1. The van der Waals surface area contributed by atoms with Gasteiger partial charge in [-0.25, -0.2) is 13.9 Å². The van der Waals surface area contributed by atoms with Crippen molar-refractivity contribution >= 4 is 5.97 Å². The number of aliphatic hydroxyl groups excluding tert-OH is 1. The lowest BCUT2D eigenvalue weighted by Gasteiger charge is -2.06. The summed E-state index contributed by atoms with van der Waals surface area (Å²) in [4.78, 5) is 11.1. The fourth-order valence-electron chi connectivity index (χ4n) is 1.92. The Kier molecular flexibility index (Phi) is 3.62. The second-order valence-corrected chi connectivity index (χ2v) is 4.13. The van der Waals surface area contributed by atoms with Crippen molar-refractivity contribution in [3.05, 3.63) is 47.0 Å². The Labute approximate surface area is 108 Å². The maximum Gasteiger partial charge on any atom is 0.356 e. The molecule has 2 N–H and O–H groups in total. The van der Waals surface area contributed by atoms with Crippen molar-refractivity contribution < 1.29 is 19.4 Å². The Bertz CT molecular complexity index is 602. The summed E-state index contributed by atoms with van der Waals surface area (Å²) in [7, 11) is 0. The first-order valence-electron chi connectivity index (χ1n) is 5.72. The normalized spacial score (nSPS) is 10.7. The predicted octanol–water partition coefficient (Wildman–Crippen LogP) is 1.55. The summed E-state index contributed by atoms with van der Waals surface area (Å²) in [6, 6.07) is 4.58. The molecule has 0 aliphatic rings. The van der Waals surface area contributed by atoms with Gasteiger partial charge in [-0.05, 0) is 25.0 Å². The molecule has 0 fully saturated rings. The fraction of sp³-hybridized carbons (Fsp3) is 0.231. The van der Waals surface area contributed by atoms with Gasteiger partial charge in [0, 0.05) is 18.4 Å². The Morgan fingerprint density at radius 3 is 2.79 bits per heavy atom. The molecule has 0 aliphatic heterocycles. The number of nitrogens with zero attached hydrogens (tertiary/aromatic N) is 2. The number of carbonyl (C=O) groups is 1. The molecule has 0 bridgehead atoms. The molecule has 1 aromatic heterocycles. The zero-order valence-corrected chi connectivity index (χ0v) is 10.3. The molecule has 0 atom stereocenters. The van der Waals surface area contributed by atoms with Gasteiger partial charge in [-0.15, -0.1) is 0 Å². The van der Waals surface area contributed by atoms with Gasteiger partial charge in [0.25, 0.3) is 0 Å². The first-order valence-corrected chi connectivity index (χ1v) is 5.72. The van der Waals surface area contributed by atoms with E-state index in [0.29, 0.717) is 11.1 Å². The standard InChI is InChI=1S/C13H13FN2O3/c1-8-3-2-4-10(14)12(8)16-7-9(5-6-17)11(15-16)13(18)19/h2-4,7,17H,5-6H2,1H3,(H,18,19). The number of aryl methyl sites for hydroxylation is 1. The first-order chi connectivity index (χ1) is 9.04. The summed E-state index contributed by atoms with van der Waals surface area (Å²) < 4.78 is 15.0. The Hall–Kier alpha value is -2.21. The van der Waals surface area contributed by atoms with E-state index in [-0.39, 0.29) is 24.4 Å². The van der Waals surface area contributed by atoms with Crippen LogP contribution in [0.3, 0.4) is 0 Å². The van der Waals surface area contributed by atoms with Crippen LogP contribution >= 0.6 is 0 Å². The molecule has 19 heavy (non-hydrogen) atoms. The van der Waals surface area contributed by atoms with Crippen LogP contribution in [-0.4, -0.2) is 32.6 Å². The highest BCUT2D eigenvalue weighted by Crippen LogP contribution is 2.19. The molecular formula is C13H13FN2O3. The molecule has 0 aliphatic carbocycles. The monoisotopic (exact) mass is 264 g/mol. The molecule has 0 unspecified atom stereocenters. The van der Waals surface area contributed by atoms with Crippen LogP contribution < -0.4 is 0 Å². The van der Waals surface area contributed by atoms with Crippen molar-refractivity contribution in [3.63, 3.8) is 0 Å². The van der Waals surface area contributed by atoms with Crippen LogP contribution in [0, 0.1) is 12.7 Å². The van der Waals surface area contributed by atoms with Crippen LogP contribution in [-0.2, 0) is 6.42 Å². The summed E-state index contributed by atoms with van der Waals surface area (Å²) in [6.07, 6.45) is 1.60. The molecule has 1 heterocycles. The lowest BCUT2D eigenvalue weighted by atomic mass is 10.2.